The quantitative estimate of drug-likeness (QED) is 0.821. The molecule has 110 valence electrons. The summed E-state index contributed by atoms with van der Waals surface area (Å²) in [6.07, 6.45) is 0. The zero-order chi connectivity index (χ0) is 14.4. The van der Waals surface area contributed by atoms with Crippen molar-refractivity contribution in [3.63, 3.8) is 0 Å². The monoisotopic (exact) mass is 276 g/mol. The topological polar surface area (TPSA) is 32.8 Å². The lowest BCUT2D eigenvalue weighted by Gasteiger charge is -2.31. The van der Waals surface area contributed by atoms with E-state index in [1.807, 2.05) is 23.1 Å². The third kappa shape index (κ3) is 4.32. The summed E-state index contributed by atoms with van der Waals surface area (Å²) < 4.78 is 5.32. The van der Waals surface area contributed by atoms with Gasteiger partial charge in [0.1, 0.15) is 0 Å². The molecule has 1 aliphatic rings. The maximum atomic E-state index is 12.5. The molecule has 1 aromatic rings. The van der Waals surface area contributed by atoms with Gasteiger partial charge in [-0.15, -0.1) is 0 Å². The van der Waals surface area contributed by atoms with E-state index in [1.54, 1.807) is 0 Å². The fourth-order valence-electron chi connectivity index (χ4n) is 2.38. The van der Waals surface area contributed by atoms with E-state index in [4.69, 9.17) is 4.74 Å². The van der Waals surface area contributed by atoms with Crippen LogP contribution in [0.3, 0.4) is 0 Å². The van der Waals surface area contributed by atoms with Crippen LogP contribution in [-0.2, 0) is 16.1 Å². The molecule has 0 bridgehead atoms. The molecular formula is C16H24N2O2. The first-order chi connectivity index (χ1) is 9.66. The van der Waals surface area contributed by atoms with Crippen LogP contribution in [0.15, 0.2) is 30.3 Å². The Kier molecular flexibility index (Phi) is 5.56. The van der Waals surface area contributed by atoms with Gasteiger partial charge in [0.15, 0.2) is 0 Å². The maximum Gasteiger partial charge on any atom is 0.237 e. The van der Waals surface area contributed by atoms with Crippen molar-refractivity contribution in [3.05, 3.63) is 35.9 Å². The van der Waals surface area contributed by atoms with Gasteiger partial charge in [-0.3, -0.25) is 9.69 Å². The molecule has 4 nitrogen and oxygen atoms in total. The van der Waals surface area contributed by atoms with Crippen LogP contribution >= 0.6 is 0 Å². The number of morpholine rings is 1. The highest BCUT2D eigenvalue weighted by Crippen LogP contribution is 2.09. The molecule has 1 heterocycles. The summed E-state index contributed by atoms with van der Waals surface area (Å²) in [5.74, 6) is 0.200. The predicted molar refractivity (Wildman–Crippen MR) is 79.4 cm³/mol. The number of amides is 1. The lowest BCUT2D eigenvalue weighted by atomic mass is 10.2. The summed E-state index contributed by atoms with van der Waals surface area (Å²) in [5, 5.41) is 0. The summed E-state index contributed by atoms with van der Waals surface area (Å²) in [6, 6.07) is 10.4. The molecule has 1 aromatic carbocycles. The van der Waals surface area contributed by atoms with Crippen LogP contribution < -0.4 is 0 Å². The van der Waals surface area contributed by atoms with E-state index in [1.165, 1.54) is 5.56 Å². The lowest BCUT2D eigenvalue weighted by molar-refractivity contribution is -0.135. The van der Waals surface area contributed by atoms with Crippen LogP contribution in [0.25, 0.3) is 0 Å². The molecule has 0 radical (unpaired) electrons. The Balaban J connectivity index is 1.95. The van der Waals surface area contributed by atoms with Crippen molar-refractivity contribution in [1.82, 2.24) is 9.80 Å². The first-order valence-corrected chi connectivity index (χ1v) is 7.30. The predicted octanol–water partition coefficient (Wildman–Crippen LogP) is 1.76. The van der Waals surface area contributed by atoms with E-state index in [2.05, 4.69) is 30.9 Å². The van der Waals surface area contributed by atoms with Gasteiger partial charge in [-0.1, -0.05) is 30.3 Å². The fraction of sp³-hybridized carbons (Fsp3) is 0.562. The van der Waals surface area contributed by atoms with Crippen LogP contribution in [0.5, 0.6) is 0 Å². The largest absolute Gasteiger partial charge is 0.379 e. The third-order valence-electron chi connectivity index (χ3n) is 3.60. The summed E-state index contributed by atoms with van der Waals surface area (Å²) in [7, 11) is 0. The highest BCUT2D eigenvalue weighted by atomic mass is 16.5. The van der Waals surface area contributed by atoms with Crippen molar-refractivity contribution >= 4 is 5.91 Å². The van der Waals surface area contributed by atoms with E-state index in [0.717, 1.165) is 26.3 Å². The van der Waals surface area contributed by atoms with Crippen molar-refractivity contribution in [2.24, 2.45) is 0 Å². The van der Waals surface area contributed by atoms with Gasteiger partial charge in [0.25, 0.3) is 0 Å². The molecule has 0 spiro atoms. The number of hydrogen-bond donors (Lipinski definition) is 0. The zero-order valence-electron chi connectivity index (χ0n) is 12.4. The summed E-state index contributed by atoms with van der Waals surface area (Å²) in [4.78, 5) is 16.6. The van der Waals surface area contributed by atoms with Gasteiger partial charge in [-0.2, -0.15) is 0 Å². The van der Waals surface area contributed by atoms with Crippen LogP contribution in [0.2, 0.25) is 0 Å². The Bertz CT molecular complexity index is 414. The maximum absolute atomic E-state index is 12.5. The average Bonchev–Trinajstić information content (AvgIpc) is 2.46. The summed E-state index contributed by atoms with van der Waals surface area (Å²) in [6.45, 7) is 8.48. The number of hydrogen-bond acceptors (Lipinski definition) is 3. The van der Waals surface area contributed by atoms with Gasteiger partial charge in [0.05, 0.1) is 19.8 Å². The minimum atomic E-state index is 0.200. The van der Waals surface area contributed by atoms with Crippen molar-refractivity contribution in [1.29, 1.82) is 0 Å². The minimum absolute atomic E-state index is 0.200. The van der Waals surface area contributed by atoms with E-state index >= 15 is 0 Å². The fourth-order valence-corrected chi connectivity index (χ4v) is 2.38. The van der Waals surface area contributed by atoms with Crippen LogP contribution in [0.4, 0.5) is 0 Å². The second kappa shape index (κ2) is 7.41. The smallest absolute Gasteiger partial charge is 0.237 e. The highest BCUT2D eigenvalue weighted by Gasteiger charge is 2.21. The lowest BCUT2D eigenvalue weighted by Crippen LogP contribution is -2.46. The van der Waals surface area contributed by atoms with Crippen molar-refractivity contribution in [2.75, 3.05) is 32.8 Å². The van der Waals surface area contributed by atoms with Crippen molar-refractivity contribution in [2.45, 2.75) is 26.4 Å². The minimum Gasteiger partial charge on any atom is -0.379 e. The number of carbonyl (C=O) groups is 1. The number of rotatable bonds is 5. The normalized spacial score (nSPS) is 16.4. The molecule has 0 N–H and O–H groups in total. The molecule has 1 saturated heterocycles. The van der Waals surface area contributed by atoms with Crippen molar-refractivity contribution in [3.8, 4) is 0 Å². The van der Waals surface area contributed by atoms with E-state index in [9.17, 15) is 4.79 Å². The molecule has 20 heavy (non-hydrogen) atoms. The van der Waals surface area contributed by atoms with Crippen LogP contribution in [0.1, 0.15) is 19.4 Å². The molecular weight excluding hydrogens is 252 g/mol. The second-order valence-corrected chi connectivity index (χ2v) is 5.49. The standard InChI is InChI=1S/C16H24N2O2/c1-14(2)18(12-15-6-4-3-5-7-15)16(19)13-17-8-10-20-11-9-17/h3-7,14H,8-13H2,1-2H3. The molecule has 2 rings (SSSR count). The van der Waals surface area contributed by atoms with E-state index in [0.29, 0.717) is 13.1 Å². The third-order valence-corrected chi connectivity index (χ3v) is 3.60. The molecule has 0 aliphatic carbocycles. The molecule has 0 atom stereocenters. The Labute approximate surface area is 121 Å². The van der Waals surface area contributed by atoms with Gasteiger partial charge < -0.3 is 9.64 Å². The Morgan fingerprint density at radius 1 is 1.25 bits per heavy atom. The summed E-state index contributed by atoms with van der Waals surface area (Å²) in [5.41, 5.74) is 1.18. The Hall–Kier alpha value is -1.39. The van der Waals surface area contributed by atoms with Gasteiger partial charge in [-0.05, 0) is 19.4 Å². The first-order valence-electron chi connectivity index (χ1n) is 7.30. The van der Waals surface area contributed by atoms with E-state index in [-0.39, 0.29) is 11.9 Å². The van der Waals surface area contributed by atoms with Crippen LogP contribution in [0, 0.1) is 0 Å². The molecule has 0 unspecified atom stereocenters. The van der Waals surface area contributed by atoms with Gasteiger partial charge in [-0.25, -0.2) is 0 Å². The van der Waals surface area contributed by atoms with Crippen LogP contribution in [-0.4, -0.2) is 54.6 Å². The van der Waals surface area contributed by atoms with E-state index < -0.39 is 0 Å². The molecule has 4 heteroatoms. The Morgan fingerprint density at radius 2 is 1.90 bits per heavy atom. The summed E-state index contributed by atoms with van der Waals surface area (Å²) >= 11 is 0. The second-order valence-electron chi connectivity index (χ2n) is 5.49. The average molecular weight is 276 g/mol. The molecule has 1 aliphatic heterocycles. The zero-order valence-corrected chi connectivity index (χ0v) is 12.4. The van der Waals surface area contributed by atoms with Gasteiger partial charge in [0, 0.05) is 25.7 Å². The Morgan fingerprint density at radius 3 is 2.50 bits per heavy atom. The molecule has 0 aromatic heterocycles. The molecule has 0 saturated carbocycles. The number of nitrogens with zero attached hydrogens (tertiary/aromatic N) is 2. The SMILES string of the molecule is CC(C)N(Cc1ccccc1)C(=O)CN1CCOCC1. The molecule has 1 amide bonds. The van der Waals surface area contributed by atoms with Gasteiger partial charge in [0.2, 0.25) is 5.91 Å². The highest BCUT2D eigenvalue weighted by molar-refractivity contribution is 5.78. The number of ether oxygens (including phenoxy) is 1. The van der Waals surface area contributed by atoms with Crippen molar-refractivity contribution < 1.29 is 9.53 Å². The first kappa shape index (κ1) is 15.0. The molecule has 1 fully saturated rings. The van der Waals surface area contributed by atoms with Gasteiger partial charge >= 0.3 is 0 Å². The number of carbonyl (C=O) groups excluding carboxylic acids is 1. The number of benzene rings is 1.